The lowest BCUT2D eigenvalue weighted by atomic mass is 10.0. The van der Waals surface area contributed by atoms with E-state index in [-0.39, 0.29) is 19.1 Å². The van der Waals surface area contributed by atoms with Gasteiger partial charge in [-0.25, -0.2) is 0 Å². The van der Waals surface area contributed by atoms with Gasteiger partial charge in [0.15, 0.2) is 6.61 Å². The number of benzene rings is 2. The fourth-order valence-corrected chi connectivity index (χ4v) is 2.84. The molecule has 0 aliphatic carbocycles. The third kappa shape index (κ3) is 4.97. The molecule has 0 saturated carbocycles. The summed E-state index contributed by atoms with van der Waals surface area (Å²) in [5.41, 5.74) is 4.17. The zero-order valence-electron chi connectivity index (χ0n) is 16.7. The molecule has 3 aromatic rings. The number of carbonyl (C=O) groups excluding carboxylic acids is 1. The summed E-state index contributed by atoms with van der Waals surface area (Å²) in [6.45, 7) is 8.29. The Balaban J connectivity index is 1.55. The van der Waals surface area contributed by atoms with Crippen molar-refractivity contribution in [3.8, 4) is 17.1 Å². The van der Waals surface area contributed by atoms with Crippen molar-refractivity contribution in [1.29, 1.82) is 0 Å². The molecule has 0 radical (unpaired) electrons. The van der Waals surface area contributed by atoms with Crippen LogP contribution in [0.2, 0.25) is 0 Å². The molecule has 0 unspecified atom stereocenters. The minimum atomic E-state index is -0.244. The van der Waals surface area contributed by atoms with Crippen LogP contribution in [-0.2, 0) is 11.3 Å². The molecule has 0 spiro atoms. The maximum Gasteiger partial charge on any atom is 0.258 e. The van der Waals surface area contributed by atoms with Crippen molar-refractivity contribution in [3.05, 3.63) is 65.0 Å². The molecular formula is C22H25N3O3. The number of ether oxygens (including phenoxy) is 1. The smallest absolute Gasteiger partial charge is 0.258 e. The third-order valence-electron chi connectivity index (χ3n) is 4.33. The van der Waals surface area contributed by atoms with E-state index in [2.05, 4.69) is 29.3 Å². The average molecular weight is 379 g/mol. The van der Waals surface area contributed by atoms with E-state index < -0.39 is 0 Å². The van der Waals surface area contributed by atoms with Crippen molar-refractivity contribution in [1.82, 2.24) is 15.5 Å². The van der Waals surface area contributed by atoms with Gasteiger partial charge in [-0.1, -0.05) is 54.9 Å². The van der Waals surface area contributed by atoms with Crippen molar-refractivity contribution < 1.29 is 14.1 Å². The molecule has 1 amide bonds. The Morgan fingerprint density at radius 2 is 1.93 bits per heavy atom. The minimum absolute atomic E-state index is 0.0674. The first-order valence-corrected chi connectivity index (χ1v) is 9.32. The van der Waals surface area contributed by atoms with E-state index in [1.165, 1.54) is 0 Å². The number of nitrogens with one attached hydrogen (secondary N) is 1. The van der Waals surface area contributed by atoms with Gasteiger partial charge in [-0.05, 0) is 43.0 Å². The molecule has 0 bridgehead atoms. The van der Waals surface area contributed by atoms with Crippen LogP contribution < -0.4 is 10.1 Å². The molecule has 1 N–H and O–H groups in total. The van der Waals surface area contributed by atoms with Gasteiger partial charge in [0.25, 0.3) is 5.91 Å². The van der Waals surface area contributed by atoms with Gasteiger partial charge in [0.2, 0.25) is 11.7 Å². The Hall–Kier alpha value is -3.15. The standard InChI is InChI=1S/C22H25N3O3/c1-14(2)18-9-8-16(4)11-19(18)27-13-20(26)23-12-21-24-22(25-28-21)17-7-5-6-15(3)10-17/h5-11,14H,12-13H2,1-4H3,(H,23,26). The number of aryl methyl sites for hydroxylation is 2. The normalized spacial score (nSPS) is 10.9. The lowest BCUT2D eigenvalue weighted by Gasteiger charge is -2.14. The second-order valence-corrected chi connectivity index (χ2v) is 7.14. The highest BCUT2D eigenvalue weighted by Crippen LogP contribution is 2.27. The van der Waals surface area contributed by atoms with Gasteiger partial charge < -0.3 is 14.6 Å². The van der Waals surface area contributed by atoms with Gasteiger partial charge in [0.05, 0.1) is 6.54 Å². The fourth-order valence-electron chi connectivity index (χ4n) is 2.84. The van der Waals surface area contributed by atoms with E-state index in [4.69, 9.17) is 9.26 Å². The molecule has 6 nitrogen and oxygen atoms in total. The monoisotopic (exact) mass is 379 g/mol. The lowest BCUT2D eigenvalue weighted by Crippen LogP contribution is -2.28. The number of aromatic nitrogens is 2. The first kappa shape index (κ1) is 19.6. The van der Waals surface area contributed by atoms with Crippen molar-refractivity contribution in [2.45, 2.75) is 40.2 Å². The first-order chi connectivity index (χ1) is 13.4. The summed E-state index contributed by atoms with van der Waals surface area (Å²) in [6.07, 6.45) is 0. The Bertz CT molecular complexity index is 963. The molecule has 6 heteroatoms. The Morgan fingerprint density at radius 3 is 2.68 bits per heavy atom. The number of carbonyl (C=O) groups is 1. The van der Waals surface area contributed by atoms with Gasteiger partial charge in [-0.2, -0.15) is 4.98 Å². The maximum absolute atomic E-state index is 12.2. The topological polar surface area (TPSA) is 77.2 Å². The van der Waals surface area contributed by atoms with Crippen LogP contribution in [0.15, 0.2) is 47.0 Å². The number of nitrogens with zero attached hydrogens (tertiary/aromatic N) is 2. The SMILES string of the molecule is Cc1cccc(-c2noc(CNC(=O)COc3cc(C)ccc3C(C)C)n2)c1. The van der Waals surface area contributed by atoms with Crippen LogP contribution in [0.25, 0.3) is 11.4 Å². The van der Waals surface area contributed by atoms with Gasteiger partial charge >= 0.3 is 0 Å². The van der Waals surface area contributed by atoms with E-state index in [9.17, 15) is 4.79 Å². The van der Waals surface area contributed by atoms with E-state index in [0.29, 0.717) is 17.6 Å². The van der Waals surface area contributed by atoms with Crippen molar-refractivity contribution in [3.63, 3.8) is 0 Å². The summed E-state index contributed by atoms with van der Waals surface area (Å²) in [5, 5.41) is 6.72. The zero-order chi connectivity index (χ0) is 20.1. The molecule has 0 saturated heterocycles. The Kier molecular flexibility index (Phi) is 6.09. The molecule has 2 aromatic carbocycles. The van der Waals surface area contributed by atoms with E-state index in [1.54, 1.807) is 0 Å². The second-order valence-electron chi connectivity index (χ2n) is 7.14. The first-order valence-electron chi connectivity index (χ1n) is 9.32. The molecular weight excluding hydrogens is 354 g/mol. The Morgan fingerprint density at radius 1 is 1.14 bits per heavy atom. The summed E-state index contributed by atoms with van der Waals surface area (Å²) in [6, 6.07) is 13.9. The van der Waals surface area contributed by atoms with Crippen LogP contribution in [-0.4, -0.2) is 22.7 Å². The average Bonchev–Trinajstić information content (AvgIpc) is 3.13. The predicted molar refractivity (Wildman–Crippen MR) is 107 cm³/mol. The molecule has 0 fully saturated rings. The molecule has 0 aliphatic heterocycles. The van der Waals surface area contributed by atoms with Crippen LogP contribution >= 0.6 is 0 Å². The Labute approximate surface area is 164 Å². The lowest BCUT2D eigenvalue weighted by molar-refractivity contribution is -0.123. The largest absolute Gasteiger partial charge is 0.483 e. The zero-order valence-corrected chi connectivity index (χ0v) is 16.7. The number of amides is 1. The van der Waals surface area contributed by atoms with Crippen molar-refractivity contribution >= 4 is 5.91 Å². The quantitative estimate of drug-likeness (QED) is 0.667. The number of rotatable bonds is 7. The minimum Gasteiger partial charge on any atom is -0.483 e. The van der Waals surface area contributed by atoms with Crippen LogP contribution in [0.3, 0.4) is 0 Å². The maximum atomic E-state index is 12.2. The molecule has 1 aromatic heterocycles. The summed E-state index contributed by atoms with van der Waals surface area (Å²) in [4.78, 5) is 16.5. The molecule has 146 valence electrons. The van der Waals surface area contributed by atoms with Crippen molar-refractivity contribution in [2.75, 3.05) is 6.61 Å². The second kappa shape index (κ2) is 8.69. The van der Waals surface area contributed by atoms with Crippen LogP contribution in [0.5, 0.6) is 5.75 Å². The molecule has 0 aliphatic rings. The summed E-state index contributed by atoms with van der Waals surface area (Å²) >= 11 is 0. The van der Waals surface area contributed by atoms with Crippen LogP contribution in [0, 0.1) is 13.8 Å². The van der Waals surface area contributed by atoms with Crippen molar-refractivity contribution in [2.24, 2.45) is 0 Å². The van der Waals surface area contributed by atoms with Gasteiger partial charge in [0, 0.05) is 5.56 Å². The number of hydrogen-bond donors (Lipinski definition) is 1. The highest BCUT2D eigenvalue weighted by Gasteiger charge is 2.12. The van der Waals surface area contributed by atoms with Crippen LogP contribution in [0.1, 0.15) is 42.3 Å². The van der Waals surface area contributed by atoms with Gasteiger partial charge in [0.1, 0.15) is 5.75 Å². The highest BCUT2D eigenvalue weighted by atomic mass is 16.5. The third-order valence-corrected chi connectivity index (χ3v) is 4.33. The summed E-state index contributed by atoms with van der Waals surface area (Å²) < 4.78 is 11.0. The predicted octanol–water partition coefficient (Wildman–Crippen LogP) is 4.17. The highest BCUT2D eigenvalue weighted by molar-refractivity contribution is 5.77. The molecule has 1 heterocycles. The molecule has 0 atom stereocenters. The summed E-state index contributed by atoms with van der Waals surface area (Å²) in [5.74, 6) is 1.67. The molecule has 28 heavy (non-hydrogen) atoms. The van der Waals surface area contributed by atoms with E-state index in [0.717, 1.165) is 28.0 Å². The number of hydrogen-bond acceptors (Lipinski definition) is 5. The summed E-state index contributed by atoms with van der Waals surface area (Å²) in [7, 11) is 0. The van der Waals surface area contributed by atoms with Gasteiger partial charge in [-0.3, -0.25) is 4.79 Å². The fraction of sp³-hybridized carbons (Fsp3) is 0.318. The van der Waals surface area contributed by atoms with Gasteiger partial charge in [-0.15, -0.1) is 0 Å². The molecule has 3 rings (SSSR count). The van der Waals surface area contributed by atoms with Crippen LogP contribution in [0.4, 0.5) is 0 Å². The van der Waals surface area contributed by atoms with E-state index in [1.807, 2.05) is 56.3 Å². The van der Waals surface area contributed by atoms with E-state index >= 15 is 0 Å².